The number of benzene rings is 2. The molecule has 1 aromatic heterocycles. The van der Waals surface area contributed by atoms with E-state index in [-0.39, 0.29) is 41.6 Å². The van der Waals surface area contributed by atoms with E-state index < -0.39 is 69.6 Å². The number of primary amides is 1. The zero-order chi connectivity index (χ0) is 31.7. The number of aromatic amines is 1. The number of carbonyl (C=O) groups is 3. The standard InChI is InChI=1S/C32H33FN4O7/c1-37(2)26-19-10-15-9-18-23(27(39)22(15)29(41)32(19,44)30(42)24(28(26)40)31(34)43)21(38)11-16(25(18)33)12-35-8-7-14-13-36-20-6-4-3-5-17(14)20/h3-6,11,13,15,19,26,35-36,38,40-41,44H,7-10,12H2,1-2H3,(H2,34,43)/t15-,19-,26-,32-/m0/s1. The van der Waals surface area contributed by atoms with Gasteiger partial charge in [0.25, 0.3) is 5.91 Å². The van der Waals surface area contributed by atoms with Gasteiger partial charge in [-0.3, -0.25) is 19.3 Å². The largest absolute Gasteiger partial charge is 0.510 e. The number of nitrogens with two attached hydrogens (primary N) is 1. The number of aromatic hydroxyl groups is 1. The maximum absolute atomic E-state index is 16.0. The number of rotatable bonds is 7. The van der Waals surface area contributed by atoms with Gasteiger partial charge in [0.1, 0.15) is 28.7 Å². The number of aliphatic hydroxyl groups is 3. The number of Topliss-reactive ketones (excluding diaryl/α,β-unsaturated/α-hetero) is 2. The van der Waals surface area contributed by atoms with Crippen LogP contribution in [-0.2, 0) is 29.0 Å². The fourth-order valence-corrected chi connectivity index (χ4v) is 7.27. The first-order valence-electron chi connectivity index (χ1n) is 14.3. The average molecular weight is 605 g/mol. The molecule has 3 aromatic rings. The molecular weight excluding hydrogens is 571 g/mol. The normalized spacial score (nSPS) is 25.0. The highest BCUT2D eigenvalue weighted by Gasteiger charge is 2.63. The van der Waals surface area contributed by atoms with Gasteiger partial charge in [-0.15, -0.1) is 0 Å². The quantitative estimate of drug-likeness (QED) is 0.156. The highest BCUT2D eigenvalue weighted by atomic mass is 19.1. The Morgan fingerprint density at radius 3 is 2.61 bits per heavy atom. The van der Waals surface area contributed by atoms with Gasteiger partial charge < -0.3 is 36.5 Å². The minimum Gasteiger partial charge on any atom is -0.510 e. The summed E-state index contributed by atoms with van der Waals surface area (Å²) in [6.45, 7) is 0.599. The molecule has 1 heterocycles. The Balaban J connectivity index is 1.31. The van der Waals surface area contributed by atoms with Crippen LogP contribution >= 0.6 is 0 Å². The second-order valence-electron chi connectivity index (χ2n) is 12.0. The van der Waals surface area contributed by atoms with Crippen molar-refractivity contribution in [2.24, 2.45) is 17.6 Å². The molecule has 8 N–H and O–H groups in total. The van der Waals surface area contributed by atoms with Crippen molar-refractivity contribution >= 4 is 28.4 Å². The van der Waals surface area contributed by atoms with E-state index in [0.717, 1.165) is 22.5 Å². The van der Waals surface area contributed by atoms with Gasteiger partial charge in [-0.25, -0.2) is 4.39 Å². The van der Waals surface area contributed by atoms with E-state index in [1.54, 1.807) is 14.1 Å². The number of phenols is 1. The number of allylic oxidation sites excluding steroid dienone is 1. The molecular formula is C32H33FN4O7. The van der Waals surface area contributed by atoms with Crippen molar-refractivity contribution in [3.05, 3.63) is 87.3 Å². The lowest BCUT2D eigenvalue weighted by atomic mass is 9.58. The monoisotopic (exact) mass is 604 g/mol. The van der Waals surface area contributed by atoms with Crippen molar-refractivity contribution in [2.45, 2.75) is 37.5 Å². The van der Waals surface area contributed by atoms with Crippen LogP contribution in [0.3, 0.4) is 0 Å². The second kappa shape index (κ2) is 10.6. The number of carbonyl (C=O) groups excluding carboxylic acids is 3. The second-order valence-corrected chi connectivity index (χ2v) is 12.0. The number of aliphatic hydroxyl groups excluding tert-OH is 2. The lowest BCUT2D eigenvalue weighted by molar-refractivity contribution is -0.148. The summed E-state index contributed by atoms with van der Waals surface area (Å²) >= 11 is 0. The first-order chi connectivity index (χ1) is 20.9. The number of hydrogen-bond acceptors (Lipinski definition) is 9. The number of nitrogens with zero attached hydrogens (tertiary/aromatic N) is 1. The lowest BCUT2D eigenvalue weighted by Gasteiger charge is -2.50. The molecule has 11 nitrogen and oxygen atoms in total. The fourth-order valence-electron chi connectivity index (χ4n) is 7.27. The minimum absolute atomic E-state index is 0.0310. The fraction of sp³-hybridized carbons (Fsp3) is 0.344. The predicted molar refractivity (Wildman–Crippen MR) is 157 cm³/mol. The summed E-state index contributed by atoms with van der Waals surface area (Å²) in [5.41, 5.74) is 3.29. The SMILES string of the molecule is CN(C)[C@@H]1C(O)=C(C(N)=O)C(=O)[C@@]2(O)C(O)=C3C(=O)c4c(O)cc(CNCCc5c[nH]c6ccccc56)c(F)c4C[C@H]3C[C@@H]12. The third-order valence-corrected chi connectivity index (χ3v) is 9.29. The Morgan fingerprint density at radius 1 is 1.18 bits per heavy atom. The predicted octanol–water partition coefficient (Wildman–Crippen LogP) is 2.07. The molecule has 0 spiro atoms. The van der Waals surface area contributed by atoms with Crippen LogP contribution in [0.4, 0.5) is 4.39 Å². The minimum atomic E-state index is -2.74. The summed E-state index contributed by atoms with van der Waals surface area (Å²) in [6, 6.07) is 7.94. The first-order valence-corrected chi connectivity index (χ1v) is 14.3. The van der Waals surface area contributed by atoms with E-state index in [2.05, 4.69) is 10.3 Å². The summed E-state index contributed by atoms with van der Waals surface area (Å²) in [6.07, 6.45) is 2.38. The molecule has 1 amide bonds. The summed E-state index contributed by atoms with van der Waals surface area (Å²) in [4.78, 5) is 43.9. The molecule has 12 heteroatoms. The van der Waals surface area contributed by atoms with Crippen molar-refractivity contribution in [3.63, 3.8) is 0 Å². The number of amides is 1. The van der Waals surface area contributed by atoms with Gasteiger partial charge in [0.05, 0.1) is 11.6 Å². The van der Waals surface area contributed by atoms with Gasteiger partial charge in [-0.2, -0.15) is 0 Å². The van der Waals surface area contributed by atoms with E-state index in [1.165, 1.54) is 4.90 Å². The molecule has 3 aliphatic carbocycles. The molecule has 0 saturated heterocycles. The van der Waals surface area contributed by atoms with Crippen LogP contribution in [0.15, 0.2) is 59.2 Å². The van der Waals surface area contributed by atoms with Gasteiger partial charge in [0.15, 0.2) is 11.4 Å². The van der Waals surface area contributed by atoms with Crippen LogP contribution in [0.25, 0.3) is 10.9 Å². The number of H-pyrrole nitrogens is 1. The van der Waals surface area contributed by atoms with Gasteiger partial charge in [-0.1, -0.05) is 18.2 Å². The highest BCUT2D eigenvalue weighted by Crippen LogP contribution is 2.52. The van der Waals surface area contributed by atoms with E-state index in [0.29, 0.717) is 13.0 Å². The number of phenolic OH excluding ortho intramolecular Hbond substituents is 1. The Bertz CT molecular complexity index is 1810. The summed E-state index contributed by atoms with van der Waals surface area (Å²) in [7, 11) is 3.09. The number of para-hydroxylation sites is 1. The van der Waals surface area contributed by atoms with Crippen LogP contribution in [0, 0.1) is 17.7 Å². The molecule has 0 fully saturated rings. The van der Waals surface area contributed by atoms with Crippen molar-refractivity contribution in [2.75, 3.05) is 20.6 Å². The Kier molecular flexibility index (Phi) is 7.10. The van der Waals surface area contributed by atoms with Crippen LogP contribution in [-0.4, -0.2) is 80.1 Å². The molecule has 4 atom stereocenters. The zero-order valence-electron chi connectivity index (χ0n) is 24.1. The molecule has 230 valence electrons. The van der Waals surface area contributed by atoms with Gasteiger partial charge in [-0.05, 0) is 63.5 Å². The van der Waals surface area contributed by atoms with Crippen molar-refractivity contribution in [1.29, 1.82) is 0 Å². The topological polar surface area (TPSA) is 189 Å². The smallest absolute Gasteiger partial charge is 0.255 e. The van der Waals surface area contributed by atoms with Crippen LogP contribution in [0.5, 0.6) is 5.75 Å². The molecule has 0 unspecified atom stereocenters. The van der Waals surface area contributed by atoms with Gasteiger partial charge in [0.2, 0.25) is 5.78 Å². The molecule has 6 rings (SSSR count). The Hall–Kier alpha value is -4.52. The molecule has 2 aromatic carbocycles. The molecule has 0 saturated carbocycles. The third-order valence-electron chi connectivity index (χ3n) is 9.29. The number of halogens is 1. The zero-order valence-corrected chi connectivity index (χ0v) is 24.1. The van der Waals surface area contributed by atoms with E-state index >= 15 is 4.39 Å². The number of fused-ring (bicyclic) bond motifs is 4. The lowest BCUT2D eigenvalue weighted by Crippen LogP contribution is -2.63. The van der Waals surface area contributed by atoms with Crippen molar-refractivity contribution in [1.82, 2.24) is 15.2 Å². The van der Waals surface area contributed by atoms with Crippen LogP contribution in [0.1, 0.15) is 33.5 Å². The first kappa shape index (κ1) is 29.5. The van der Waals surface area contributed by atoms with E-state index in [4.69, 9.17) is 5.73 Å². The van der Waals surface area contributed by atoms with Gasteiger partial charge >= 0.3 is 0 Å². The Labute approximate surface area is 251 Å². The number of nitrogens with one attached hydrogen (secondary N) is 2. The summed E-state index contributed by atoms with van der Waals surface area (Å²) in [5.74, 6) is -8.39. The average Bonchev–Trinajstić information content (AvgIpc) is 3.38. The van der Waals surface area contributed by atoms with E-state index in [1.807, 2.05) is 30.5 Å². The number of aromatic nitrogens is 1. The molecule has 44 heavy (non-hydrogen) atoms. The Morgan fingerprint density at radius 2 is 1.91 bits per heavy atom. The maximum atomic E-state index is 16.0. The van der Waals surface area contributed by atoms with Crippen LogP contribution in [0.2, 0.25) is 0 Å². The van der Waals surface area contributed by atoms with Crippen molar-refractivity contribution < 1.29 is 39.2 Å². The number of hydrogen-bond donors (Lipinski definition) is 7. The van der Waals surface area contributed by atoms with Crippen LogP contribution < -0.4 is 11.1 Å². The molecule has 0 radical (unpaired) electrons. The van der Waals surface area contributed by atoms with Crippen molar-refractivity contribution in [3.8, 4) is 5.75 Å². The third kappa shape index (κ3) is 4.24. The molecule has 3 aliphatic rings. The maximum Gasteiger partial charge on any atom is 0.255 e. The highest BCUT2D eigenvalue weighted by molar-refractivity contribution is 6.24. The number of ketones is 2. The molecule has 0 bridgehead atoms. The van der Waals surface area contributed by atoms with E-state index in [9.17, 15) is 34.8 Å². The van der Waals surface area contributed by atoms with Gasteiger partial charge in [0, 0.05) is 46.3 Å². The summed E-state index contributed by atoms with van der Waals surface area (Å²) < 4.78 is 16.0. The number of likely N-dealkylation sites (N-methyl/N-ethyl adjacent to an activating group) is 1. The molecule has 0 aliphatic heterocycles. The summed E-state index contributed by atoms with van der Waals surface area (Å²) in [5, 5.41) is 49.0.